The summed E-state index contributed by atoms with van der Waals surface area (Å²) < 4.78 is 5.62. The first-order chi connectivity index (χ1) is 11.4. The van der Waals surface area contributed by atoms with E-state index in [-0.39, 0.29) is 12.5 Å². The van der Waals surface area contributed by atoms with Crippen LogP contribution < -0.4 is 0 Å². The number of ether oxygens (including phenoxy) is 1. The fourth-order valence-electron chi connectivity index (χ4n) is 2.90. The molecule has 0 radical (unpaired) electrons. The largest absolute Gasteiger partial charge is 0.481 e. The van der Waals surface area contributed by atoms with Crippen LogP contribution in [-0.2, 0) is 9.53 Å². The topological polar surface area (TPSA) is 107 Å². The molecule has 24 heavy (non-hydrogen) atoms. The highest BCUT2D eigenvalue weighted by molar-refractivity contribution is 5.66. The number of hydrogen-bond donors (Lipinski definition) is 4. The molecule has 140 valence electrons. The minimum atomic E-state index is -0.749. The Morgan fingerprint density at radius 1 is 1.21 bits per heavy atom. The Morgan fingerprint density at radius 3 is 2.54 bits per heavy atom. The number of carbonyl (C=O) groups is 1. The van der Waals surface area contributed by atoms with E-state index >= 15 is 0 Å². The molecule has 0 spiro atoms. The average Bonchev–Trinajstić information content (AvgIpc) is 2.92. The molecule has 1 fully saturated rings. The van der Waals surface area contributed by atoms with Crippen molar-refractivity contribution in [3.8, 4) is 0 Å². The lowest BCUT2D eigenvalue weighted by molar-refractivity contribution is -0.137. The third-order valence-electron chi connectivity index (χ3n) is 4.45. The molecule has 1 rings (SSSR count). The van der Waals surface area contributed by atoms with E-state index in [0.29, 0.717) is 25.7 Å². The molecular formula is C18H32O6. The molecule has 0 aliphatic carbocycles. The number of aliphatic hydroxyl groups excluding tert-OH is 3. The highest BCUT2D eigenvalue weighted by atomic mass is 16.5. The highest BCUT2D eigenvalue weighted by Gasteiger charge is 2.35. The molecule has 1 aliphatic heterocycles. The van der Waals surface area contributed by atoms with Crippen molar-refractivity contribution < 1.29 is 30.0 Å². The van der Waals surface area contributed by atoms with Crippen LogP contribution in [-0.4, -0.2) is 56.9 Å². The van der Waals surface area contributed by atoms with Crippen LogP contribution in [0.3, 0.4) is 0 Å². The molecule has 6 heteroatoms. The summed E-state index contributed by atoms with van der Waals surface area (Å²) in [4.78, 5) is 10.4. The second-order valence-electron chi connectivity index (χ2n) is 6.57. The second kappa shape index (κ2) is 11.6. The van der Waals surface area contributed by atoms with Crippen molar-refractivity contribution in [1.82, 2.24) is 0 Å². The lowest BCUT2D eigenvalue weighted by atomic mass is 10.0. The first kappa shape index (κ1) is 21.1. The van der Waals surface area contributed by atoms with Crippen molar-refractivity contribution in [2.45, 2.75) is 95.2 Å². The number of carboxylic acids is 1. The molecule has 0 unspecified atom stereocenters. The minimum absolute atomic E-state index is 0.225. The zero-order valence-electron chi connectivity index (χ0n) is 14.5. The molecule has 0 saturated carbocycles. The Bertz CT molecular complexity index is 384. The second-order valence-corrected chi connectivity index (χ2v) is 6.57. The van der Waals surface area contributed by atoms with Gasteiger partial charge >= 0.3 is 5.97 Å². The maximum atomic E-state index is 10.4. The van der Waals surface area contributed by atoms with Crippen LogP contribution in [0.5, 0.6) is 0 Å². The van der Waals surface area contributed by atoms with Crippen molar-refractivity contribution in [2.75, 3.05) is 0 Å². The fourth-order valence-corrected chi connectivity index (χ4v) is 2.90. The molecule has 0 amide bonds. The molecule has 0 aromatic rings. The first-order valence-corrected chi connectivity index (χ1v) is 9.03. The van der Waals surface area contributed by atoms with Gasteiger partial charge in [-0.3, -0.25) is 4.79 Å². The van der Waals surface area contributed by atoms with Crippen LogP contribution in [0.15, 0.2) is 12.2 Å². The number of rotatable bonds is 12. The Morgan fingerprint density at radius 2 is 1.88 bits per heavy atom. The summed E-state index contributed by atoms with van der Waals surface area (Å²) in [6.45, 7) is 1.87. The molecule has 0 aromatic carbocycles. The molecule has 0 aromatic heterocycles. The van der Waals surface area contributed by atoms with Crippen molar-refractivity contribution in [3.63, 3.8) is 0 Å². The van der Waals surface area contributed by atoms with E-state index in [1.807, 2.05) is 6.92 Å². The number of aliphatic carboxylic acids is 1. The number of aliphatic hydroxyl groups is 3. The Labute approximate surface area is 144 Å². The number of hydrogen-bond acceptors (Lipinski definition) is 5. The zero-order valence-corrected chi connectivity index (χ0v) is 14.5. The predicted octanol–water partition coefficient (Wildman–Crippen LogP) is 2.01. The molecule has 1 saturated heterocycles. The molecule has 6 nitrogen and oxygen atoms in total. The molecule has 1 aliphatic rings. The van der Waals surface area contributed by atoms with Crippen LogP contribution >= 0.6 is 0 Å². The predicted molar refractivity (Wildman–Crippen MR) is 90.7 cm³/mol. The first-order valence-electron chi connectivity index (χ1n) is 9.03. The van der Waals surface area contributed by atoms with Crippen LogP contribution in [0.2, 0.25) is 0 Å². The van der Waals surface area contributed by atoms with Gasteiger partial charge in [-0.1, -0.05) is 44.8 Å². The van der Waals surface area contributed by atoms with E-state index < -0.39 is 30.4 Å². The van der Waals surface area contributed by atoms with E-state index in [0.717, 1.165) is 25.7 Å². The van der Waals surface area contributed by atoms with Crippen LogP contribution in [0, 0.1) is 0 Å². The molecular weight excluding hydrogens is 312 g/mol. The monoisotopic (exact) mass is 344 g/mol. The normalized spacial score (nSPS) is 26.8. The summed E-state index contributed by atoms with van der Waals surface area (Å²) >= 11 is 0. The third-order valence-corrected chi connectivity index (χ3v) is 4.45. The van der Waals surface area contributed by atoms with Crippen LogP contribution in [0.1, 0.15) is 64.7 Å². The van der Waals surface area contributed by atoms with Gasteiger partial charge in [-0.2, -0.15) is 0 Å². The maximum absolute atomic E-state index is 10.4. The van der Waals surface area contributed by atoms with Gasteiger partial charge in [0.1, 0.15) is 6.10 Å². The summed E-state index contributed by atoms with van der Waals surface area (Å²) in [5.74, 6) is -0.749. The lowest BCUT2D eigenvalue weighted by Gasteiger charge is -2.16. The van der Waals surface area contributed by atoms with Gasteiger partial charge in [0.2, 0.25) is 0 Å². The van der Waals surface area contributed by atoms with E-state index in [4.69, 9.17) is 9.84 Å². The maximum Gasteiger partial charge on any atom is 0.303 e. The smallest absolute Gasteiger partial charge is 0.303 e. The van der Waals surface area contributed by atoms with Gasteiger partial charge in [0.05, 0.1) is 24.4 Å². The molecule has 4 N–H and O–H groups in total. The van der Waals surface area contributed by atoms with Gasteiger partial charge in [0.25, 0.3) is 0 Å². The summed E-state index contributed by atoms with van der Waals surface area (Å²) in [6.07, 6.45) is 7.04. The lowest BCUT2D eigenvalue weighted by Crippen LogP contribution is -2.25. The quantitative estimate of drug-likeness (QED) is 0.319. The third kappa shape index (κ3) is 8.24. The summed E-state index contributed by atoms with van der Waals surface area (Å²) in [7, 11) is 0. The summed E-state index contributed by atoms with van der Waals surface area (Å²) in [6, 6.07) is 0. The van der Waals surface area contributed by atoms with E-state index in [1.54, 1.807) is 12.2 Å². The van der Waals surface area contributed by atoms with Crippen molar-refractivity contribution >= 4 is 5.97 Å². The van der Waals surface area contributed by atoms with Crippen molar-refractivity contribution in [3.05, 3.63) is 12.2 Å². The highest BCUT2D eigenvalue weighted by Crippen LogP contribution is 2.25. The number of unbranched alkanes of at least 4 members (excludes halogenated alkanes) is 4. The molecule has 1 heterocycles. The van der Waals surface area contributed by atoms with Gasteiger partial charge in [-0.25, -0.2) is 0 Å². The van der Waals surface area contributed by atoms with E-state index in [9.17, 15) is 20.1 Å². The van der Waals surface area contributed by atoms with E-state index in [1.165, 1.54) is 0 Å². The van der Waals surface area contributed by atoms with Gasteiger partial charge in [0, 0.05) is 12.8 Å². The zero-order chi connectivity index (χ0) is 17.9. The van der Waals surface area contributed by atoms with E-state index in [2.05, 4.69) is 0 Å². The van der Waals surface area contributed by atoms with Gasteiger partial charge < -0.3 is 25.2 Å². The van der Waals surface area contributed by atoms with Gasteiger partial charge in [-0.05, 0) is 19.3 Å². The Kier molecular flexibility index (Phi) is 10.2. The molecule has 5 atom stereocenters. The summed E-state index contributed by atoms with van der Waals surface area (Å²) in [5, 5.41) is 38.2. The van der Waals surface area contributed by atoms with Crippen LogP contribution in [0.4, 0.5) is 0 Å². The number of carboxylic acid groups (broad SMARTS) is 1. The average molecular weight is 344 g/mol. The van der Waals surface area contributed by atoms with Crippen LogP contribution in [0.25, 0.3) is 0 Å². The van der Waals surface area contributed by atoms with Gasteiger partial charge in [0.15, 0.2) is 0 Å². The fraction of sp³-hybridized carbons (Fsp3) is 0.833. The minimum Gasteiger partial charge on any atom is -0.481 e. The Balaban J connectivity index is 2.15. The summed E-state index contributed by atoms with van der Waals surface area (Å²) in [5.41, 5.74) is 0. The van der Waals surface area contributed by atoms with Crippen molar-refractivity contribution in [1.29, 1.82) is 0 Å². The Hall–Kier alpha value is -0.950. The standard InChI is InChI=1S/C18H32O6/c1-2-14(20)17-12-15(21)16(24-17)11-10-13(19)8-6-4-3-5-7-9-18(22)23/h10-11,13-17,19-21H,2-9,12H2,1H3,(H,22,23)/b11-10+/t13-,14-,15+,16-,17-/m1/s1. The SMILES string of the molecule is CC[C@@H](O)[C@H]1C[C@H](O)[C@@H](/C=C/[C@H](O)CCCCCCCC(=O)O)O1. The molecule has 0 bridgehead atoms. The van der Waals surface area contributed by atoms with Crippen molar-refractivity contribution in [2.24, 2.45) is 0 Å². The van der Waals surface area contributed by atoms with Gasteiger partial charge in [-0.15, -0.1) is 0 Å².